The number of fused-ring (bicyclic) bond motifs is 1. The summed E-state index contributed by atoms with van der Waals surface area (Å²) in [5, 5.41) is 10.1. The standard InChI is InChI=1S/C19H15ClF2N2O3/c20-16-13(22)4-5-14-15(16)17(23-6-8-27-9-7-23)18(19(25)26)24(14)12-3-1-2-11(21)10-12/h1-5,10H,6-9H2,(H,25,26). The van der Waals surface area contributed by atoms with E-state index < -0.39 is 17.6 Å². The van der Waals surface area contributed by atoms with Gasteiger partial charge in [-0.05, 0) is 30.3 Å². The van der Waals surface area contributed by atoms with E-state index in [0.29, 0.717) is 48.6 Å². The van der Waals surface area contributed by atoms with Gasteiger partial charge in [-0.3, -0.25) is 0 Å². The Kier molecular flexibility index (Phi) is 4.49. The van der Waals surface area contributed by atoms with E-state index in [0.717, 1.165) is 0 Å². The zero-order valence-electron chi connectivity index (χ0n) is 14.1. The summed E-state index contributed by atoms with van der Waals surface area (Å²) in [6.45, 7) is 1.71. The van der Waals surface area contributed by atoms with Crippen LogP contribution in [0.4, 0.5) is 14.5 Å². The third kappa shape index (κ3) is 2.93. The predicted octanol–water partition coefficient (Wildman–Crippen LogP) is 4.10. The molecule has 2 aromatic carbocycles. The van der Waals surface area contributed by atoms with Crippen LogP contribution in [0.5, 0.6) is 0 Å². The molecule has 140 valence electrons. The number of carboxylic acids is 1. The van der Waals surface area contributed by atoms with Crippen molar-refractivity contribution in [2.75, 3.05) is 31.2 Å². The number of aromatic carboxylic acids is 1. The summed E-state index contributed by atoms with van der Waals surface area (Å²) >= 11 is 6.25. The van der Waals surface area contributed by atoms with Crippen LogP contribution in [0.1, 0.15) is 10.5 Å². The van der Waals surface area contributed by atoms with Crippen LogP contribution in [-0.4, -0.2) is 41.9 Å². The average molecular weight is 393 g/mol. The Hall–Kier alpha value is -2.64. The zero-order valence-corrected chi connectivity index (χ0v) is 14.8. The zero-order chi connectivity index (χ0) is 19.1. The number of carboxylic acid groups (broad SMARTS) is 1. The number of carbonyl (C=O) groups is 1. The first-order valence-electron chi connectivity index (χ1n) is 8.33. The van der Waals surface area contributed by atoms with Gasteiger partial charge < -0.3 is 19.3 Å². The fraction of sp³-hybridized carbons (Fsp3) is 0.211. The van der Waals surface area contributed by atoms with Crippen molar-refractivity contribution in [3.63, 3.8) is 0 Å². The Morgan fingerprint density at radius 3 is 2.56 bits per heavy atom. The van der Waals surface area contributed by atoms with Gasteiger partial charge in [0.2, 0.25) is 0 Å². The molecular formula is C19H15ClF2N2O3. The van der Waals surface area contributed by atoms with Gasteiger partial charge in [0.15, 0.2) is 5.69 Å². The number of morpholine rings is 1. The molecule has 4 rings (SSSR count). The molecule has 1 saturated heterocycles. The van der Waals surface area contributed by atoms with Gasteiger partial charge in [0.25, 0.3) is 0 Å². The smallest absolute Gasteiger partial charge is 0.355 e. The van der Waals surface area contributed by atoms with Crippen LogP contribution in [0.15, 0.2) is 36.4 Å². The summed E-state index contributed by atoms with van der Waals surface area (Å²) in [4.78, 5) is 14.0. The quantitative estimate of drug-likeness (QED) is 0.729. The van der Waals surface area contributed by atoms with Crippen molar-refractivity contribution in [2.24, 2.45) is 0 Å². The van der Waals surface area contributed by atoms with Gasteiger partial charge in [-0.1, -0.05) is 17.7 Å². The molecule has 0 aliphatic carbocycles. The van der Waals surface area contributed by atoms with Crippen LogP contribution < -0.4 is 4.90 Å². The number of benzene rings is 2. The van der Waals surface area contributed by atoms with E-state index in [4.69, 9.17) is 16.3 Å². The van der Waals surface area contributed by atoms with Gasteiger partial charge in [-0.15, -0.1) is 0 Å². The average Bonchev–Trinajstić information content (AvgIpc) is 3.01. The fourth-order valence-corrected chi connectivity index (χ4v) is 3.72. The van der Waals surface area contributed by atoms with Crippen molar-refractivity contribution in [3.05, 3.63) is 58.7 Å². The lowest BCUT2D eigenvalue weighted by Gasteiger charge is -2.29. The Labute approximate surface area is 158 Å². The number of aromatic nitrogens is 1. The van der Waals surface area contributed by atoms with Crippen LogP contribution in [0.25, 0.3) is 16.6 Å². The molecule has 0 radical (unpaired) electrons. The molecule has 27 heavy (non-hydrogen) atoms. The van der Waals surface area contributed by atoms with Gasteiger partial charge in [-0.25, -0.2) is 13.6 Å². The number of rotatable bonds is 3. The van der Waals surface area contributed by atoms with E-state index in [9.17, 15) is 18.7 Å². The monoisotopic (exact) mass is 392 g/mol. The van der Waals surface area contributed by atoms with Crippen molar-refractivity contribution in [1.82, 2.24) is 4.57 Å². The number of hydrogen-bond acceptors (Lipinski definition) is 3. The van der Waals surface area contributed by atoms with Crippen molar-refractivity contribution in [1.29, 1.82) is 0 Å². The highest BCUT2D eigenvalue weighted by Crippen LogP contribution is 2.41. The SMILES string of the molecule is O=C(O)c1c(N2CCOCC2)c2c(Cl)c(F)ccc2n1-c1cccc(F)c1. The maximum Gasteiger partial charge on any atom is 0.355 e. The number of hydrogen-bond donors (Lipinski definition) is 1. The number of nitrogens with zero attached hydrogens (tertiary/aromatic N) is 2. The largest absolute Gasteiger partial charge is 0.476 e. The van der Waals surface area contributed by atoms with Gasteiger partial charge >= 0.3 is 5.97 Å². The molecule has 0 saturated carbocycles. The molecule has 3 aromatic rings. The Balaban J connectivity index is 2.12. The lowest BCUT2D eigenvalue weighted by Crippen LogP contribution is -2.37. The second kappa shape index (κ2) is 6.83. The summed E-state index contributed by atoms with van der Waals surface area (Å²) < 4.78 is 34.8. The lowest BCUT2D eigenvalue weighted by atomic mass is 10.2. The van der Waals surface area contributed by atoms with Crippen molar-refractivity contribution < 1.29 is 23.4 Å². The first-order valence-corrected chi connectivity index (χ1v) is 8.71. The van der Waals surface area contributed by atoms with E-state index in [-0.39, 0.29) is 10.7 Å². The second-order valence-corrected chi connectivity index (χ2v) is 6.55. The molecule has 1 aliphatic heterocycles. The van der Waals surface area contributed by atoms with Crippen LogP contribution in [0, 0.1) is 11.6 Å². The molecule has 1 aromatic heterocycles. The minimum Gasteiger partial charge on any atom is -0.476 e. The summed E-state index contributed by atoms with van der Waals surface area (Å²) in [6.07, 6.45) is 0. The molecule has 0 atom stereocenters. The van der Waals surface area contributed by atoms with E-state index >= 15 is 0 Å². The highest BCUT2D eigenvalue weighted by Gasteiger charge is 2.30. The van der Waals surface area contributed by atoms with E-state index in [1.165, 1.54) is 34.9 Å². The van der Waals surface area contributed by atoms with Crippen molar-refractivity contribution in [2.45, 2.75) is 0 Å². The molecule has 0 unspecified atom stereocenters. The molecule has 2 heterocycles. The molecule has 5 nitrogen and oxygen atoms in total. The summed E-state index contributed by atoms with van der Waals surface area (Å²) in [6, 6.07) is 8.21. The third-order valence-corrected chi connectivity index (χ3v) is 4.96. The van der Waals surface area contributed by atoms with Gasteiger partial charge in [0.05, 0.1) is 29.4 Å². The first kappa shape index (κ1) is 17.8. The second-order valence-electron chi connectivity index (χ2n) is 6.17. The maximum atomic E-state index is 14.2. The number of anilines is 1. The Morgan fingerprint density at radius 2 is 1.89 bits per heavy atom. The molecule has 8 heteroatoms. The minimum absolute atomic E-state index is 0.0926. The number of ether oxygens (including phenoxy) is 1. The maximum absolute atomic E-state index is 14.2. The summed E-state index contributed by atoms with van der Waals surface area (Å²) in [5.41, 5.74) is 0.935. The van der Waals surface area contributed by atoms with Gasteiger partial charge in [0, 0.05) is 24.2 Å². The third-order valence-electron chi connectivity index (χ3n) is 4.59. The minimum atomic E-state index is -1.21. The van der Waals surface area contributed by atoms with E-state index in [1.807, 2.05) is 4.90 Å². The Morgan fingerprint density at radius 1 is 1.15 bits per heavy atom. The summed E-state index contributed by atoms with van der Waals surface area (Å²) in [7, 11) is 0. The molecule has 1 N–H and O–H groups in total. The van der Waals surface area contributed by atoms with Crippen LogP contribution in [-0.2, 0) is 4.74 Å². The molecule has 0 amide bonds. The van der Waals surface area contributed by atoms with Crippen molar-refractivity contribution in [3.8, 4) is 5.69 Å². The van der Waals surface area contributed by atoms with Gasteiger partial charge in [0.1, 0.15) is 11.6 Å². The topological polar surface area (TPSA) is 54.7 Å². The fourth-order valence-electron chi connectivity index (χ4n) is 3.47. The molecule has 1 fully saturated rings. The highest BCUT2D eigenvalue weighted by molar-refractivity contribution is 6.37. The van der Waals surface area contributed by atoms with Crippen molar-refractivity contribution >= 4 is 34.2 Å². The van der Waals surface area contributed by atoms with E-state index in [1.54, 1.807) is 6.07 Å². The molecule has 0 bridgehead atoms. The molecule has 1 aliphatic rings. The predicted molar refractivity (Wildman–Crippen MR) is 98.2 cm³/mol. The normalized spacial score (nSPS) is 14.7. The summed E-state index contributed by atoms with van der Waals surface area (Å²) in [5.74, 6) is -2.37. The van der Waals surface area contributed by atoms with Crippen LogP contribution in [0.2, 0.25) is 5.02 Å². The highest BCUT2D eigenvalue weighted by atomic mass is 35.5. The molecule has 0 spiro atoms. The van der Waals surface area contributed by atoms with Crippen LogP contribution in [0.3, 0.4) is 0 Å². The lowest BCUT2D eigenvalue weighted by molar-refractivity contribution is 0.0688. The van der Waals surface area contributed by atoms with Crippen LogP contribution >= 0.6 is 11.6 Å². The molecular weight excluding hydrogens is 378 g/mol. The number of halogens is 3. The Bertz CT molecular complexity index is 1050. The first-order chi connectivity index (χ1) is 13.0. The van der Waals surface area contributed by atoms with Gasteiger partial charge in [-0.2, -0.15) is 0 Å². The van der Waals surface area contributed by atoms with E-state index in [2.05, 4.69) is 0 Å².